The first-order valence-electron chi connectivity index (χ1n) is 8.49. The molecule has 1 aliphatic rings. The van der Waals surface area contributed by atoms with Crippen LogP contribution in [0.3, 0.4) is 0 Å². The van der Waals surface area contributed by atoms with Crippen molar-refractivity contribution in [2.45, 2.75) is 72.6 Å². The van der Waals surface area contributed by atoms with E-state index in [1.165, 1.54) is 19.3 Å². The second-order valence-electron chi connectivity index (χ2n) is 7.87. The molecule has 6 atom stereocenters. The SMILES string of the molecule is CC(Cl)CC(C)C(C)C1(CO)CC1CCC(C)C(C)C. The average molecular weight is 303 g/mol. The molecule has 1 nitrogen and oxygen atoms in total. The molecule has 1 fully saturated rings. The molecule has 0 aliphatic heterocycles. The van der Waals surface area contributed by atoms with E-state index in [2.05, 4.69) is 41.5 Å². The topological polar surface area (TPSA) is 20.2 Å². The van der Waals surface area contributed by atoms with E-state index in [9.17, 15) is 5.11 Å². The quantitative estimate of drug-likeness (QED) is 0.569. The molecule has 6 unspecified atom stereocenters. The van der Waals surface area contributed by atoms with Crippen molar-refractivity contribution in [3.05, 3.63) is 0 Å². The molecule has 1 rings (SSSR count). The minimum Gasteiger partial charge on any atom is -0.396 e. The molecule has 0 saturated heterocycles. The molecule has 0 aromatic carbocycles. The second-order valence-corrected chi connectivity index (χ2v) is 8.62. The molecular weight excluding hydrogens is 268 g/mol. The van der Waals surface area contributed by atoms with Gasteiger partial charge in [-0.1, -0.05) is 41.0 Å². The van der Waals surface area contributed by atoms with Crippen molar-refractivity contribution in [2.75, 3.05) is 6.61 Å². The van der Waals surface area contributed by atoms with Crippen LogP contribution in [-0.4, -0.2) is 17.1 Å². The molecule has 0 aromatic heterocycles. The van der Waals surface area contributed by atoms with E-state index in [0.717, 1.165) is 24.2 Å². The maximum absolute atomic E-state index is 9.92. The van der Waals surface area contributed by atoms with Gasteiger partial charge in [0.05, 0.1) is 0 Å². The lowest BCUT2D eigenvalue weighted by Crippen LogP contribution is -2.27. The van der Waals surface area contributed by atoms with Gasteiger partial charge in [-0.2, -0.15) is 0 Å². The molecule has 0 amide bonds. The summed E-state index contributed by atoms with van der Waals surface area (Å²) in [5.41, 5.74) is 0.196. The summed E-state index contributed by atoms with van der Waals surface area (Å²) < 4.78 is 0. The third kappa shape index (κ3) is 4.37. The first-order chi connectivity index (χ1) is 9.24. The van der Waals surface area contributed by atoms with Gasteiger partial charge >= 0.3 is 0 Å². The molecule has 0 aromatic rings. The number of alkyl halides is 1. The van der Waals surface area contributed by atoms with E-state index >= 15 is 0 Å². The van der Waals surface area contributed by atoms with Gasteiger partial charge in [-0.15, -0.1) is 11.6 Å². The Balaban J connectivity index is 2.50. The van der Waals surface area contributed by atoms with Crippen molar-refractivity contribution in [3.63, 3.8) is 0 Å². The van der Waals surface area contributed by atoms with Crippen LogP contribution in [0.25, 0.3) is 0 Å². The first kappa shape index (κ1) is 18.3. The molecule has 20 heavy (non-hydrogen) atoms. The number of rotatable bonds is 9. The van der Waals surface area contributed by atoms with Crippen molar-refractivity contribution in [1.29, 1.82) is 0 Å². The minimum atomic E-state index is 0.196. The van der Waals surface area contributed by atoms with Gasteiger partial charge in [0.15, 0.2) is 0 Å². The maximum atomic E-state index is 9.92. The zero-order valence-corrected chi connectivity index (χ0v) is 15.1. The van der Waals surface area contributed by atoms with Crippen LogP contribution in [0, 0.1) is 35.0 Å². The molecule has 0 radical (unpaired) electrons. The molecule has 1 saturated carbocycles. The van der Waals surface area contributed by atoms with Crippen molar-refractivity contribution < 1.29 is 5.11 Å². The van der Waals surface area contributed by atoms with Gasteiger partial charge in [-0.3, -0.25) is 0 Å². The van der Waals surface area contributed by atoms with Gasteiger partial charge in [0.25, 0.3) is 0 Å². The summed E-state index contributed by atoms with van der Waals surface area (Å²) in [5, 5.41) is 10.2. The molecule has 120 valence electrons. The summed E-state index contributed by atoms with van der Waals surface area (Å²) >= 11 is 6.14. The molecule has 0 bridgehead atoms. The highest BCUT2D eigenvalue weighted by Crippen LogP contribution is 2.61. The summed E-state index contributed by atoms with van der Waals surface area (Å²) in [6.45, 7) is 14.0. The Kier molecular flexibility index (Phi) is 6.86. The van der Waals surface area contributed by atoms with E-state index in [4.69, 9.17) is 11.6 Å². The van der Waals surface area contributed by atoms with Crippen molar-refractivity contribution in [2.24, 2.45) is 35.0 Å². The van der Waals surface area contributed by atoms with Crippen LogP contribution in [-0.2, 0) is 0 Å². The van der Waals surface area contributed by atoms with E-state index in [1.54, 1.807) is 0 Å². The number of hydrogen-bond donors (Lipinski definition) is 1. The number of aliphatic hydroxyl groups is 1. The van der Waals surface area contributed by atoms with Gasteiger partial charge < -0.3 is 5.11 Å². The first-order valence-corrected chi connectivity index (χ1v) is 8.93. The Morgan fingerprint density at radius 2 is 1.70 bits per heavy atom. The monoisotopic (exact) mass is 302 g/mol. The minimum absolute atomic E-state index is 0.196. The average Bonchev–Trinajstić information content (AvgIpc) is 3.08. The highest BCUT2D eigenvalue weighted by molar-refractivity contribution is 6.20. The summed E-state index contributed by atoms with van der Waals surface area (Å²) in [5.74, 6) is 3.47. The predicted molar refractivity (Wildman–Crippen MR) is 89.1 cm³/mol. The maximum Gasteiger partial charge on any atom is 0.0492 e. The molecule has 0 heterocycles. The van der Waals surface area contributed by atoms with Crippen LogP contribution in [0.15, 0.2) is 0 Å². The molecule has 1 aliphatic carbocycles. The third-order valence-corrected chi connectivity index (χ3v) is 6.32. The molecule has 2 heteroatoms. The Hall–Kier alpha value is 0.250. The zero-order valence-electron chi connectivity index (χ0n) is 14.3. The third-order valence-electron chi connectivity index (χ3n) is 6.14. The lowest BCUT2D eigenvalue weighted by Gasteiger charge is -2.30. The summed E-state index contributed by atoms with van der Waals surface area (Å²) in [6, 6.07) is 0. The molecule has 1 N–H and O–H groups in total. The fourth-order valence-corrected chi connectivity index (χ4v) is 4.05. The van der Waals surface area contributed by atoms with Gasteiger partial charge in [0, 0.05) is 12.0 Å². The van der Waals surface area contributed by atoms with Crippen LogP contribution >= 0.6 is 11.6 Å². The van der Waals surface area contributed by atoms with Gasteiger partial charge in [-0.05, 0) is 61.2 Å². The summed E-state index contributed by atoms with van der Waals surface area (Å²) in [4.78, 5) is 0. The van der Waals surface area contributed by atoms with Crippen molar-refractivity contribution >= 4 is 11.6 Å². The Bertz CT molecular complexity index is 289. The molecule has 0 spiro atoms. The van der Waals surface area contributed by atoms with Gasteiger partial charge in [-0.25, -0.2) is 0 Å². The Morgan fingerprint density at radius 3 is 2.15 bits per heavy atom. The number of hydrogen-bond acceptors (Lipinski definition) is 1. The predicted octanol–water partition coefficient (Wildman–Crippen LogP) is 5.35. The van der Waals surface area contributed by atoms with E-state index in [0.29, 0.717) is 18.4 Å². The second kappa shape index (κ2) is 7.49. The molecular formula is C18H35ClO. The highest BCUT2D eigenvalue weighted by Gasteiger charge is 2.57. The van der Waals surface area contributed by atoms with E-state index < -0.39 is 0 Å². The normalized spacial score (nSPS) is 31.9. The summed E-state index contributed by atoms with van der Waals surface area (Å²) in [7, 11) is 0. The lowest BCUT2D eigenvalue weighted by molar-refractivity contribution is 0.111. The number of halogens is 1. The van der Waals surface area contributed by atoms with Crippen LogP contribution in [0.5, 0.6) is 0 Å². The fourth-order valence-electron chi connectivity index (χ4n) is 3.77. The lowest BCUT2D eigenvalue weighted by atomic mass is 9.77. The smallest absolute Gasteiger partial charge is 0.0492 e. The van der Waals surface area contributed by atoms with Crippen LogP contribution < -0.4 is 0 Å². The van der Waals surface area contributed by atoms with E-state index in [-0.39, 0.29) is 10.8 Å². The zero-order chi connectivity index (χ0) is 15.5. The van der Waals surface area contributed by atoms with E-state index in [1.807, 2.05) is 0 Å². The Morgan fingerprint density at radius 1 is 1.10 bits per heavy atom. The fraction of sp³-hybridized carbons (Fsp3) is 1.00. The van der Waals surface area contributed by atoms with Crippen molar-refractivity contribution in [3.8, 4) is 0 Å². The van der Waals surface area contributed by atoms with Gasteiger partial charge in [0.1, 0.15) is 0 Å². The largest absolute Gasteiger partial charge is 0.396 e. The van der Waals surface area contributed by atoms with Crippen LogP contribution in [0.1, 0.15) is 67.2 Å². The van der Waals surface area contributed by atoms with Gasteiger partial charge in [0.2, 0.25) is 0 Å². The van der Waals surface area contributed by atoms with Crippen LogP contribution in [0.2, 0.25) is 0 Å². The highest BCUT2D eigenvalue weighted by atomic mass is 35.5. The number of aliphatic hydroxyl groups excluding tert-OH is 1. The van der Waals surface area contributed by atoms with Crippen LogP contribution in [0.4, 0.5) is 0 Å². The Labute approximate surface area is 131 Å². The summed E-state index contributed by atoms with van der Waals surface area (Å²) in [6.07, 6.45) is 4.86. The van der Waals surface area contributed by atoms with Crippen molar-refractivity contribution in [1.82, 2.24) is 0 Å². The standard InChI is InChI=1S/C18H35ClO/c1-12(2)13(3)7-8-17-10-18(17,11-20)16(6)14(4)9-15(5)19/h12-17,20H,7-11H2,1-6H3.